The van der Waals surface area contributed by atoms with Crippen molar-refractivity contribution in [3.8, 4) is 0 Å². The van der Waals surface area contributed by atoms with Crippen LogP contribution in [0.25, 0.3) is 0 Å². The first kappa shape index (κ1) is 19.9. The summed E-state index contributed by atoms with van der Waals surface area (Å²) in [4.78, 5) is 2.86. The number of nitrogens with two attached hydrogens (primary N) is 1. The molecule has 2 aromatic rings. The number of hydrogen-bond donors (Lipinski definition) is 1. The second kappa shape index (κ2) is 8.03. The predicted molar refractivity (Wildman–Crippen MR) is 112 cm³/mol. The monoisotopic (exact) mass is 386 g/mol. The molecule has 0 bridgehead atoms. The van der Waals surface area contributed by atoms with Gasteiger partial charge >= 0.3 is 0 Å². The highest BCUT2D eigenvalue weighted by Crippen LogP contribution is 2.32. The summed E-state index contributed by atoms with van der Waals surface area (Å²) >= 11 is 0. The van der Waals surface area contributed by atoms with Gasteiger partial charge < -0.3 is 5.73 Å². The van der Waals surface area contributed by atoms with Gasteiger partial charge in [0.15, 0.2) is 9.84 Å². The van der Waals surface area contributed by atoms with E-state index in [2.05, 4.69) is 24.0 Å². The second-order valence-corrected chi connectivity index (χ2v) is 10.4. The summed E-state index contributed by atoms with van der Waals surface area (Å²) in [6.45, 7) is 8.55. The van der Waals surface area contributed by atoms with E-state index in [9.17, 15) is 8.42 Å². The van der Waals surface area contributed by atoms with Crippen LogP contribution >= 0.6 is 0 Å². The lowest BCUT2D eigenvalue weighted by Crippen LogP contribution is -2.32. The molecule has 0 aromatic heterocycles. The Bertz CT molecular complexity index is 881. The molecule has 3 rings (SSSR count). The molecule has 1 heterocycles. The Morgan fingerprint density at radius 2 is 1.70 bits per heavy atom. The molecule has 1 aliphatic rings. The number of rotatable bonds is 5. The number of hydrogen-bond acceptors (Lipinski definition) is 4. The molecule has 4 nitrogen and oxygen atoms in total. The minimum absolute atomic E-state index is 0.391. The van der Waals surface area contributed by atoms with Gasteiger partial charge in [-0.2, -0.15) is 0 Å². The standard InChI is InChI=1S/C22H30N2O2S/c1-16(2)27(25,26)21-8-5-18(6-9-21)15-24-12-10-19(11-13-24)22-14-20(23)7-4-17(22)3/h4-9,14,16,19H,10-13,15,23H2,1-3H3. The van der Waals surface area contributed by atoms with Gasteiger partial charge in [-0.05, 0) is 93.6 Å². The van der Waals surface area contributed by atoms with Crippen molar-refractivity contribution in [1.29, 1.82) is 0 Å². The highest BCUT2D eigenvalue weighted by molar-refractivity contribution is 7.92. The van der Waals surface area contributed by atoms with E-state index in [0.717, 1.165) is 43.7 Å². The third-order valence-electron chi connectivity index (χ3n) is 5.61. The number of sulfone groups is 1. The summed E-state index contributed by atoms with van der Waals surface area (Å²) in [6.07, 6.45) is 2.26. The molecule has 0 radical (unpaired) electrons. The van der Waals surface area contributed by atoms with E-state index in [1.54, 1.807) is 26.0 Å². The molecule has 0 atom stereocenters. The van der Waals surface area contributed by atoms with E-state index in [1.807, 2.05) is 18.2 Å². The lowest BCUT2D eigenvalue weighted by atomic mass is 9.86. The average Bonchev–Trinajstić information content (AvgIpc) is 2.65. The maximum Gasteiger partial charge on any atom is 0.180 e. The van der Waals surface area contributed by atoms with Crippen LogP contribution in [-0.2, 0) is 16.4 Å². The average molecular weight is 387 g/mol. The Morgan fingerprint density at radius 1 is 1.07 bits per heavy atom. The molecule has 5 heteroatoms. The van der Waals surface area contributed by atoms with Gasteiger partial charge in [0.25, 0.3) is 0 Å². The summed E-state index contributed by atoms with van der Waals surface area (Å²) in [5, 5.41) is -0.391. The molecule has 0 spiro atoms. The zero-order valence-corrected chi connectivity index (χ0v) is 17.3. The van der Waals surface area contributed by atoms with Crippen molar-refractivity contribution < 1.29 is 8.42 Å². The molecule has 0 unspecified atom stereocenters. The normalized spacial score (nSPS) is 16.7. The van der Waals surface area contributed by atoms with Gasteiger partial charge in [-0.3, -0.25) is 4.90 Å². The molecule has 2 aromatic carbocycles. The number of benzene rings is 2. The highest BCUT2D eigenvalue weighted by atomic mass is 32.2. The minimum Gasteiger partial charge on any atom is -0.399 e. The first-order valence-electron chi connectivity index (χ1n) is 9.68. The highest BCUT2D eigenvalue weighted by Gasteiger charge is 2.23. The zero-order chi connectivity index (χ0) is 19.6. The van der Waals surface area contributed by atoms with Crippen molar-refractivity contribution in [2.45, 2.75) is 56.2 Å². The third kappa shape index (κ3) is 4.53. The summed E-state index contributed by atoms with van der Waals surface area (Å²) in [6, 6.07) is 13.6. The van der Waals surface area contributed by atoms with Gasteiger partial charge in [0.2, 0.25) is 0 Å². The summed E-state index contributed by atoms with van der Waals surface area (Å²) < 4.78 is 24.5. The summed E-state index contributed by atoms with van der Waals surface area (Å²) in [5.74, 6) is 0.573. The number of nitrogens with zero attached hydrogens (tertiary/aromatic N) is 1. The van der Waals surface area contributed by atoms with Crippen molar-refractivity contribution in [3.05, 3.63) is 59.2 Å². The maximum absolute atomic E-state index is 12.2. The Balaban J connectivity index is 1.60. The molecule has 0 aliphatic carbocycles. The molecular formula is C22H30N2O2S. The van der Waals surface area contributed by atoms with Crippen LogP contribution in [-0.4, -0.2) is 31.7 Å². The van der Waals surface area contributed by atoms with E-state index in [-0.39, 0.29) is 0 Å². The molecule has 27 heavy (non-hydrogen) atoms. The van der Waals surface area contributed by atoms with Gasteiger partial charge in [-0.1, -0.05) is 18.2 Å². The van der Waals surface area contributed by atoms with E-state index in [0.29, 0.717) is 10.8 Å². The lowest BCUT2D eigenvalue weighted by molar-refractivity contribution is 0.204. The number of piperidine rings is 1. The summed E-state index contributed by atoms with van der Waals surface area (Å²) in [7, 11) is -3.20. The number of likely N-dealkylation sites (tertiary alicyclic amines) is 1. The largest absolute Gasteiger partial charge is 0.399 e. The molecule has 1 aliphatic heterocycles. The molecule has 1 saturated heterocycles. The smallest absolute Gasteiger partial charge is 0.180 e. The van der Waals surface area contributed by atoms with Gasteiger partial charge in [-0.15, -0.1) is 0 Å². The molecule has 146 valence electrons. The van der Waals surface area contributed by atoms with Gasteiger partial charge in [-0.25, -0.2) is 8.42 Å². The van der Waals surface area contributed by atoms with Crippen LogP contribution in [0.5, 0.6) is 0 Å². The molecular weight excluding hydrogens is 356 g/mol. The van der Waals surface area contributed by atoms with Crippen LogP contribution in [0, 0.1) is 6.92 Å². The molecule has 2 N–H and O–H groups in total. The first-order chi connectivity index (χ1) is 12.8. The summed E-state index contributed by atoms with van der Waals surface area (Å²) in [5.41, 5.74) is 10.7. The van der Waals surface area contributed by atoms with Crippen LogP contribution in [0.4, 0.5) is 5.69 Å². The quantitative estimate of drug-likeness (QED) is 0.785. The SMILES string of the molecule is Cc1ccc(N)cc1C1CCN(Cc2ccc(S(=O)(=O)C(C)C)cc2)CC1. The van der Waals surface area contributed by atoms with Crippen molar-refractivity contribution >= 4 is 15.5 Å². The van der Waals surface area contributed by atoms with E-state index < -0.39 is 15.1 Å². The van der Waals surface area contributed by atoms with Gasteiger partial charge in [0.05, 0.1) is 10.1 Å². The fourth-order valence-corrected chi connectivity index (χ4v) is 4.88. The lowest BCUT2D eigenvalue weighted by Gasteiger charge is -2.33. The minimum atomic E-state index is -3.20. The van der Waals surface area contributed by atoms with Crippen LogP contribution in [0.2, 0.25) is 0 Å². The Hall–Kier alpha value is -1.85. The van der Waals surface area contributed by atoms with Crippen molar-refractivity contribution in [1.82, 2.24) is 4.90 Å². The Kier molecular flexibility index (Phi) is 5.92. The number of nitrogen functional groups attached to an aromatic ring is 1. The van der Waals surface area contributed by atoms with E-state index in [4.69, 9.17) is 5.73 Å². The zero-order valence-electron chi connectivity index (χ0n) is 16.5. The maximum atomic E-state index is 12.2. The first-order valence-corrected chi connectivity index (χ1v) is 11.2. The fraction of sp³-hybridized carbons (Fsp3) is 0.455. The van der Waals surface area contributed by atoms with E-state index >= 15 is 0 Å². The Morgan fingerprint density at radius 3 is 2.30 bits per heavy atom. The fourth-order valence-electron chi connectivity index (χ4n) is 3.82. The second-order valence-electron chi connectivity index (χ2n) is 7.90. The van der Waals surface area contributed by atoms with Crippen molar-refractivity contribution in [2.75, 3.05) is 18.8 Å². The number of aryl methyl sites for hydroxylation is 1. The number of anilines is 1. The van der Waals surface area contributed by atoms with E-state index in [1.165, 1.54) is 11.1 Å². The van der Waals surface area contributed by atoms with Crippen LogP contribution in [0.3, 0.4) is 0 Å². The van der Waals surface area contributed by atoms with Crippen molar-refractivity contribution in [3.63, 3.8) is 0 Å². The van der Waals surface area contributed by atoms with Crippen LogP contribution in [0.1, 0.15) is 49.3 Å². The molecule has 0 saturated carbocycles. The third-order valence-corrected chi connectivity index (χ3v) is 7.78. The predicted octanol–water partition coefficient (Wildman–Crippen LogP) is 4.14. The van der Waals surface area contributed by atoms with Crippen molar-refractivity contribution in [2.24, 2.45) is 0 Å². The topological polar surface area (TPSA) is 63.4 Å². The Labute approximate surface area is 163 Å². The molecule has 1 fully saturated rings. The van der Waals surface area contributed by atoms with Crippen LogP contribution in [0.15, 0.2) is 47.4 Å². The molecule has 0 amide bonds. The van der Waals surface area contributed by atoms with Gasteiger partial charge in [0.1, 0.15) is 0 Å². The van der Waals surface area contributed by atoms with Gasteiger partial charge in [0, 0.05) is 12.2 Å². The van der Waals surface area contributed by atoms with Crippen LogP contribution < -0.4 is 5.73 Å².